The molecule has 1 saturated heterocycles. The van der Waals surface area contributed by atoms with E-state index in [2.05, 4.69) is 19.1 Å². The Morgan fingerprint density at radius 2 is 2.03 bits per heavy atom. The zero-order valence-electron chi connectivity index (χ0n) is 17.4. The van der Waals surface area contributed by atoms with Gasteiger partial charge in [-0.2, -0.15) is 0 Å². The molecule has 1 fully saturated rings. The van der Waals surface area contributed by atoms with Gasteiger partial charge in [0.05, 0.1) is 20.3 Å². The van der Waals surface area contributed by atoms with Crippen LogP contribution in [0, 0.1) is 0 Å². The predicted octanol–water partition coefficient (Wildman–Crippen LogP) is 4.32. The smallest absolute Gasteiger partial charge is 0.223 e. The lowest BCUT2D eigenvalue weighted by atomic mass is 10.0. The lowest BCUT2D eigenvalue weighted by molar-refractivity contribution is -0.132. The Morgan fingerprint density at radius 1 is 1.17 bits per heavy atom. The van der Waals surface area contributed by atoms with Gasteiger partial charge in [-0.25, -0.2) is 0 Å². The van der Waals surface area contributed by atoms with Gasteiger partial charge in [0.1, 0.15) is 23.4 Å². The number of methoxy groups -OCH3 is 2. The Morgan fingerprint density at radius 3 is 2.83 bits per heavy atom. The van der Waals surface area contributed by atoms with Crippen LogP contribution in [0.5, 0.6) is 17.2 Å². The Bertz CT molecular complexity index is 894. The molecule has 2 heterocycles. The van der Waals surface area contributed by atoms with Crippen molar-refractivity contribution in [1.82, 2.24) is 4.90 Å². The van der Waals surface area contributed by atoms with Crippen LogP contribution in [0.15, 0.2) is 36.4 Å². The first-order valence-corrected chi connectivity index (χ1v) is 10.4. The molecule has 29 heavy (non-hydrogen) atoms. The highest BCUT2D eigenvalue weighted by Crippen LogP contribution is 2.39. The van der Waals surface area contributed by atoms with Gasteiger partial charge in [-0.15, -0.1) is 0 Å². The third kappa shape index (κ3) is 4.04. The Labute approximate surface area is 172 Å². The van der Waals surface area contributed by atoms with Crippen LogP contribution in [0.25, 0.3) is 0 Å². The zero-order chi connectivity index (χ0) is 20.4. The number of hydrogen-bond donors (Lipinski definition) is 0. The largest absolute Gasteiger partial charge is 0.497 e. The number of aryl methyl sites for hydroxylation is 1. The molecule has 1 amide bonds. The first-order chi connectivity index (χ1) is 14.1. The van der Waals surface area contributed by atoms with Gasteiger partial charge >= 0.3 is 0 Å². The number of ether oxygens (including phenoxy) is 3. The van der Waals surface area contributed by atoms with Crippen LogP contribution in [0.2, 0.25) is 0 Å². The number of fused-ring (bicyclic) bond motifs is 1. The summed E-state index contributed by atoms with van der Waals surface area (Å²) in [7, 11) is 3.31. The number of amides is 1. The van der Waals surface area contributed by atoms with Gasteiger partial charge < -0.3 is 19.1 Å². The average Bonchev–Trinajstić information content (AvgIpc) is 3.36. The summed E-state index contributed by atoms with van der Waals surface area (Å²) in [6.07, 6.45) is 4.44. The molecule has 2 aliphatic rings. The quantitative estimate of drug-likeness (QED) is 0.731. The van der Waals surface area contributed by atoms with Gasteiger partial charge in [-0.3, -0.25) is 4.79 Å². The summed E-state index contributed by atoms with van der Waals surface area (Å²) in [6.45, 7) is 2.89. The van der Waals surface area contributed by atoms with Gasteiger partial charge in [0, 0.05) is 31.0 Å². The average molecular weight is 395 g/mol. The fourth-order valence-corrected chi connectivity index (χ4v) is 4.51. The molecule has 0 bridgehead atoms. The van der Waals surface area contributed by atoms with Crippen LogP contribution in [-0.2, 0) is 17.6 Å². The summed E-state index contributed by atoms with van der Waals surface area (Å²) in [5.74, 6) is 2.73. The molecule has 154 valence electrons. The maximum absolute atomic E-state index is 13.0. The fourth-order valence-electron chi connectivity index (χ4n) is 4.51. The van der Waals surface area contributed by atoms with Crippen molar-refractivity contribution in [3.63, 3.8) is 0 Å². The number of benzene rings is 2. The minimum atomic E-state index is 0.0672. The Kier molecular flexibility index (Phi) is 5.65. The Balaban J connectivity index is 1.44. The van der Waals surface area contributed by atoms with E-state index in [1.807, 2.05) is 29.2 Å². The SMILES string of the molecule is COc1ccc([C@H]2CCCN2C(=O)CCc2ccc3c(c2)C[C@H](C)O3)c(OC)c1. The van der Waals surface area contributed by atoms with E-state index in [9.17, 15) is 4.79 Å². The molecular formula is C24H29NO4. The summed E-state index contributed by atoms with van der Waals surface area (Å²) in [4.78, 5) is 15.1. The number of likely N-dealkylation sites (tertiary alicyclic amines) is 1. The molecule has 0 N–H and O–H groups in total. The number of rotatable bonds is 6. The van der Waals surface area contributed by atoms with E-state index >= 15 is 0 Å². The number of carbonyl (C=O) groups excluding carboxylic acids is 1. The summed E-state index contributed by atoms with van der Waals surface area (Å²) in [5, 5.41) is 0. The second-order valence-electron chi connectivity index (χ2n) is 7.93. The molecule has 2 atom stereocenters. The van der Waals surface area contributed by atoms with Gasteiger partial charge in [-0.05, 0) is 55.5 Å². The van der Waals surface area contributed by atoms with Crippen molar-refractivity contribution in [2.24, 2.45) is 0 Å². The van der Waals surface area contributed by atoms with Crippen LogP contribution in [0.1, 0.15) is 48.9 Å². The number of hydrogen-bond acceptors (Lipinski definition) is 4. The molecule has 0 aromatic heterocycles. The van der Waals surface area contributed by atoms with Gasteiger partial charge in [-0.1, -0.05) is 12.1 Å². The van der Waals surface area contributed by atoms with Crippen molar-refractivity contribution in [2.45, 2.75) is 51.2 Å². The standard InChI is InChI=1S/C24H29NO4/c1-16-13-18-14-17(6-10-22(18)29-16)7-11-24(26)25-12-4-5-21(25)20-9-8-19(27-2)15-23(20)28-3/h6,8-10,14-16,21H,4-5,7,11-13H2,1-3H3/t16-,21+/m0/s1. The Hall–Kier alpha value is -2.69. The molecule has 0 unspecified atom stereocenters. The van der Waals surface area contributed by atoms with Crippen molar-refractivity contribution in [3.8, 4) is 17.2 Å². The van der Waals surface area contributed by atoms with Crippen LogP contribution in [0.4, 0.5) is 0 Å². The first kappa shape index (κ1) is 19.6. The van der Waals surface area contributed by atoms with E-state index < -0.39 is 0 Å². The molecule has 5 nitrogen and oxygen atoms in total. The predicted molar refractivity (Wildman–Crippen MR) is 112 cm³/mol. The molecule has 2 aromatic rings. The lowest BCUT2D eigenvalue weighted by Gasteiger charge is -2.26. The third-order valence-corrected chi connectivity index (χ3v) is 5.96. The fraction of sp³-hybridized carbons (Fsp3) is 0.458. The van der Waals surface area contributed by atoms with Crippen molar-refractivity contribution in [3.05, 3.63) is 53.1 Å². The second kappa shape index (κ2) is 8.36. The summed E-state index contributed by atoms with van der Waals surface area (Å²) < 4.78 is 16.7. The second-order valence-corrected chi connectivity index (χ2v) is 7.93. The normalized spacial score (nSPS) is 20.3. The van der Waals surface area contributed by atoms with E-state index in [0.29, 0.717) is 6.42 Å². The van der Waals surface area contributed by atoms with E-state index in [1.165, 1.54) is 11.1 Å². The molecule has 0 radical (unpaired) electrons. The van der Waals surface area contributed by atoms with Crippen LogP contribution in [-0.4, -0.2) is 37.7 Å². The van der Waals surface area contributed by atoms with E-state index in [1.54, 1.807) is 14.2 Å². The van der Waals surface area contributed by atoms with Crippen LogP contribution < -0.4 is 14.2 Å². The van der Waals surface area contributed by atoms with Crippen LogP contribution in [0.3, 0.4) is 0 Å². The molecule has 4 rings (SSSR count). The molecule has 5 heteroatoms. The molecule has 2 aliphatic heterocycles. The van der Waals surface area contributed by atoms with Gasteiger partial charge in [0.25, 0.3) is 0 Å². The van der Waals surface area contributed by atoms with Crippen LogP contribution >= 0.6 is 0 Å². The van der Waals surface area contributed by atoms with E-state index in [4.69, 9.17) is 14.2 Å². The first-order valence-electron chi connectivity index (χ1n) is 10.4. The molecule has 0 spiro atoms. The van der Waals surface area contributed by atoms with Gasteiger partial charge in [0.15, 0.2) is 0 Å². The monoisotopic (exact) mass is 395 g/mol. The molecule has 0 aliphatic carbocycles. The highest BCUT2D eigenvalue weighted by atomic mass is 16.5. The van der Waals surface area contributed by atoms with Crippen molar-refractivity contribution < 1.29 is 19.0 Å². The highest BCUT2D eigenvalue weighted by Gasteiger charge is 2.31. The maximum Gasteiger partial charge on any atom is 0.223 e. The van der Waals surface area contributed by atoms with Crippen molar-refractivity contribution in [1.29, 1.82) is 0 Å². The third-order valence-electron chi connectivity index (χ3n) is 5.96. The van der Waals surface area contributed by atoms with Gasteiger partial charge in [0.2, 0.25) is 5.91 Å². The number of carbonyl (C=O) groups is 1. The van der Waals surface area contributed by atoms with E-state index in [0.717, 1.165) is 55.0 Å². The minimum absolute atomic E-state index is 0.0672. The molecular weight excluding hydrogens is 366 g/mol. The molecule has 2 aromatic carbocycles. The molecule has 0 saturated carbocycles. The lowest BCUT2D eigenvalue weighted by Crippen LogP contribution is -2.30. The van der Waals surface area contributed by atoms with E-state index in [-0.39, 0.29) is 18.1 Å². The minimum Gasteiger partial charge on any atom is -0.497 e. The maximum atomic E-state index is 13.0. The van der Waals surface area contributed by atoms with Crippen molar-refractivity contribution >= 4 is 5.91 Å². The summed E-state index contributed by atoms with van der Waals surface area (Å²) in [5.41, 5.74) is 3.51. The number of nitrogens with zero attached hydrogens (tertiary/aromatic N) is 1. The zero-order valence-corrected chi connectivity index (χ0v) is 17.4. The topological polar surface area (TPSA) is 48.0 Å². The summed E-state index contributed by atoms with van der Waals surface area (Å²) in [6, 6.07) is 12.2. The summed E-state index contributed by atoms with van der Waals surface area (Å²) >= 11 is 0. The highest BCUT2D eigenvalue weighted by molar-refractivity contribution is 5.77. The van der Waals surface area contributed by atoms with Crippen molar-refractivity contribution in [2.75, 3.05) is 20.8 Å².